The maximum absolute atomic E-state index is 6.12. The van der Waals surface area contributed by atoms with Crippen molar-refractivity contribution in [3.05, 3.63) is 45.2 Å². The molecule has 1 saturated carbocycles. The molecule has 0 unspecified atom stereocenters. The zero-order valence-corrected chi connectivity index (χ0v) is 17.4. The lowest BCUT2D eigenvalue weighted by atomic mass is 9.96. The first-order chi connectivity index (χ1) is 12.4. The number of aryl methyl sites for hydroxylation is 1. The summed E-state index contributed by atoms with van der Waals surface area (Å²) in [5.41, 5.74) is 3.99. The first kappa shape index (κ1) is 19.5. The van der Waals surface area contributed by atoms with E-state index in [1.807, 2.05) is 36.7 Å². The molecule has 140 valence electrons. The van der Waals surface area contributed by atoms with E-state index in [1.54, 1.807) is 0 Å². The van der Waals surface area contributed by atoms with Gasteiger partial charge in [0.2, 0.25) is 0 Å². The number of nitrogens with zero attached hydrogens (tertiary/aromatic N) is 2. The number of hydrogen-bond donors (Lipinski definition) is 2. The van der Waals surface area contributed by atoms with Gasteiger partial charge in [0, 0.05) is 6.04 Å². The molecule has 0 radical (unpaired) electrons. The third-order valence-electron chi connectivity index (χ3n) is 4.88. The van der Waals surface area contributed by atoms with Crippen molar-refractivity contribution in [3.8, 4) is 0 Å². The number of benzene rings is 1. The van der Waals surface area contributed by atoms with Gasteiger partial charge in [-0.15, -0.1) is 0 Å². The lowest BCUT2D eigenvalue weighted by molar-refractivity contribution is 0.415. The predicted molar refractivity (Wildman–Crippen MR) is 113 cm³/mol. The van der Waals surface area contributed by atoms with Crippen LogP contribution in [-0.2, 0) is 6.54 Å². The Morgan fingerprint density at radius 1 is 1.19 bits per heavy atom. The molecule has 1 aromatic heterocycles. The van der Waals surface area contributed by atoms with Gasteiger partial charge in [0.25, 0.3) is 0 Å². The van der Waals surface area contributed by atoms with Gasteiger partial charge in [-0.05, 0) is 56.6 Å². The molecule has 1 aromatic carbocycles. The zero-order valence-electron chi connectivity index (χ0n) is 15.1. The fourth-order valence-corrected chi connectivity index (χ4v) is 4.01. The Labute approximate surface area is 170 Å². The second kappa shape index (κ2) is 8.59. The maximum Gasteiger partial charge on any atom is 0.171 e. The fourth-order valence-electron chi connectivity index (χ4n) is 3.42. The quantitative estimate of drug-likeness (QED) is 0.655. The van der Waals surface area contributed by atoms with E-state index >= 15 is 0 Å². The largest absolute Gasteiger partial charge is 0.360 e. The van der Waals surface area contributed by atoms with Gasteiger partial charge in [-0.2, -0.15) is 5.10 Å². The van der Waals surface area contributed by atoms with Crippen LogP contribution in [0.15, 0.2) is 18.2 Å². The first-order valence-electron chi connectivity index (χ1n) is 8.99. The highest BCUT2D eigenvalue weighted by molar-refractivity contribution is 7.80. The smallest absolute Gasteiger partial charge is 0.171 e. The normalized spacial score (nSPS) is 15.1. The summed E-state index contributed by atoms with van der Waals surface area (Å²) in [5, 5.41) is 13.2. The summed E-state index contributed by atoms with van der Waals surface area (Å²) >= 11 is 17.6. The Balaban J connectivity index is 1.68. The molecule has 2 N–H and O–H groups in total. The van der Waals surface area contributed by atoms with Crippen molar-refractivity contribution in [2.24, 2.45) is 0 Å². The molecule has 1 fully saturated rings. The summed E-state index contributed by atoms with van der Waals surface area (Å²) in [7, 11) is 0. The average Bonchev–Trinajstić information content (AvgIpc) is 2.86. The van der Waals surface area contributed by atoms with Crippen LogP contribution in [0.1, 0.15) is 49.1 Å². The summed E-state index contributed by atoms with van der Waals surface area (Å²) in [5.74, 6) is 0. The molecule has 3 rings (SSSR count). The van der Waals surface area contributed by atoms with Crippen LogP contribution in [0.3, 0.4) is 0 Å². The van der Waals surface area contributed by atoms with Crippen LogP contribution in [0.25, 0.3) is 0 Å². The van der Waals surface area contributed by atoms with Crippen molar-refractivity contribution in [2.75, 3.05) is 5.32 Å². The topological polar surface area (TPSA) is 41.9 Å². The van der Waals surface area contributed by atoms with Crippen molar-refractivity contribution in [3.63, 3.8) is 0 Å². The highest BCUT2D eigenvalue weighted by atomic mass is 35.5. The lowest BCUT2D eigenvalue weighted by Crippen LogP contribution is -2.39. The Morgan fingerprint density at radius 2 is 1.92 bits per heavy atom. The summed E-state index contributed by atoms with van der Waals surface area (Å²) < 4.78 is 1.96. The van der Waals surface area contributed by atoms with Gasteiger partial charge < -0.3 is 10.6 Å². The fraction of sp³-hybridized carbons (Fsp3) is 0.474. The van der Waals surface area contributed by atoms with Crippen LogP contribution in [-0.4, -0.2) is 20.9 Å². The van der Waals surface area contributed by atoms with Crippen LogP contribution in [0.2, 0.25) is 10.0 Å². The maximum atomic E-state index is 6.12. The molecule has 1 aliphatic rings. The van der Waals surface area contributed by atoms with E-state index in [0.29, 0.717) is 27.7 Å². The zero-order chi connectivity index (χ0) is 18.7. The summed E-state index contributed by atoms with van der Waals surface area (Å²) in [4.78, 5) is 0. The highest BCUT2D eigenvalue weighted by Gasteiger charge is 2.17. The van der Waals surface area contributed by atoms with Gasteiger partial charge in [-0.1, -0.05) is 48.5 Å². The van der Waals surface area contributed by atoms with E-state index in [1.165, 1.54) is 32.1 Å². The monoisotopic (exact) mass is 410 g/mol. The van der Waals surface area contributed by atoms with Crippen LogP contribution < -0.4 is 10.6 Å². The first-order valence-corrected chi connectivity index (χ1v) is 10.2. The molecule has 0 spiro atoms. The molecule has 1 aliphatic carbocycles. The average molecular weight is 411 g/mol. The molecule has 1 heterocycles. The van der Waals surface area contributed by atoms with E-state index in [9.17, 15) is 0 Å². The Kier molecular flexibility index (Phi) is 6.43. The lowest BCUT2D eigenvalue weighted by Gasteiger charge is -2.24. The SMILES string of the molecule is Cc1nn(Cc2ccc(Cl)c(Cl)c2)c(C)c1NC(=S)NC1CCCCC1. The Hall–Kier alpha value is -1.30. The van der Waals surface area contributed by atoms with Gasteiger partial charge in [0.1, 0.15) is 0 Å². The standard InChI is InChI=1S/C19H24Cl2N4S/c1-12-18(23-19(26)22-15-6-4-3-5-7-15)13(2)25(24-12)11-14-8-9-16(20)17(21)10-14/h8-10,15H,3-7,11H2,1-2H3,(H2,22,23,26). The molecule has 0 atom stereocenters. The highest BCUT2D eigenvalue weighted by Crippen LogP contribution is 2.25. The van der Waals surface area contributed by atoms with E-state index < -0.39 is 0 Å². The van der Waals surface area contributed by atoms with Crippen molar-refractivity contribution in [2.45, 2.75) is 58.5 Å². The van der Waals surface area contributed by atoms with E-state index in [-0.39, 0.29) is 0 Å². The molecular weight excluding hydrogens is 387 g/mol. The molecule has 0 amide bonds. The van der Waals surface area contributed by atoms with Crippen LogP contribution >= 0.6 is 35.4 Å². The molecule has 4 nitrogen and oxygen atoms in total. The number of hydrogen-bond acceptors (Lipinski definition) is 2. The van der Waals surface area contributed by atoms with Gasteiger partial charge >= 0.3 is 0 Å². The van der Waals surface area contributed by atoms with Crippen LogP contribution in [0, 0.1) is 13.8 Å². The number of nitrogens with one attached hydrogen (secondary N) is 2. The number of halogens is 2. The second-order valence-corrected chi connectivity index (χ2v) is 8.11. The number of rotatable bonds is 4. The van der Waals surface area contributed by atoms with Gasteiger partial charge in [0.05, 0.1) is 33.7 Å². The molecule has 0 aliphatic heterocycles. The third kappa shape index (κ3) is 4.70. The minimum absolute atomic E-state index is 0.482. The van der Waals surface area contributed by atoms with E-state index in [0.717, 1.165) is 22.6 Å². The van der Waals surface area contributed by atoms with Crippen molar-refractivity contribution in [1.82, 2.24) is 15.1 Å². The van der Waals surface area contributed by atoms with Gasteiger partial charge in [-0.25, -0.2) is 0 Å². The van der Waals surface area contributed by atoms with Crippen molar-refractivity contribution >= 4 is 46.2 Å². The third-order valence-corrected chi connectivity index (χ3v) is 5.84. The molecule has 2 aromatic rings. The second-order valence-electron chi connectivity index (χ2n) is 6.89. The molecule has 0 bridgehead atoms. The number of anilines is 1. The summed E-state index contributed by atoms with van der Waals surface area (Å²) in [6, 6.07) is 6.14. The minimum Gasteiger partial charge on any atom is -0.360 e. The van der Waals surface area contributed by atoms with Crippen molar-refractivity contribution in [1.29, 1.82) is 0 Å². The Morgan fingerprint density at radius 3 is 2.62 bits per heavy atom. The van der Waals surface area contributed by atoms with Crippen molar-refractivity contribution < 1.29 is 0 Å². The summed E-state index contributed by atoms with van der Waals surface area (Å²) in [6.07, 6.45) is 6.27. The molecule has 26 heavy (non-hydrogen) atoms. The van der Waals surface area contributed by atoms with Crippen LogP contribution in [0.5, 0.6) is 0 Å². The number of aromatic nitrogens is 2. The van der Waals surface area contributed by atoms with E-state index in [4.69, 9.17) is 35.4 Å². The summed E-state index contributed by atoms with van der Waals surface area (Å²) in [6.45, 7) is 4.67. The van der Waals surface area contributed by atoms with Crippen LogP contribution in [0.4, 0.5) is 5.69 Å². The number of thiocarbonyl (C=S) groups is 1. The predicted octanol–water partition coefficient (Wildman–Crippen LogP) is 5.47. The van der Waals surface area contributed by atoms with Gasteiger partial charge in [0.15, 0.2) is 5.11 Å². The minimum atomic E-state index is 0.482. The Bertz CT molecular complexity index is 797. The molecule has 7 heteroatoms. The van der Waals surface area contributed by atoms with E-state index in [2.05, 4.69) is 15.7 Å². The van der Waals surface area contributed by atoms with Gasteiger partial charge in [-0.3, -0.25) is 4.68 Å². The molecular formula is C19H24Cl2N4S. The molecule has 0 saturated heterocycles.